The lowest BCUT2D eigenvalue weighted by atomic mass is 10.1. The smallest absolute Gasteiger partial charge is 0.145 e. The Morgan fingerprint density at radius 2 is 1.95 bits per heavy atom. The Labute approximate surface area is 115 Å². The molecule has 2 heterocycles. The van der Waals surface area contributed by atoms with Gasteiger partial charge in [0.2, 0.25) is 0 Å². The maximum Gasteiger partial charge on any atom is 0.145 e. The van der Waals surface area contributed by atoms with Gasteiger partial charge in [0.1, 0.15) is 23.4 Å². The van der Waals surface area contributed by atoms with E-state index in [1.54, 1.807) is 13.2 Å². The molecule has 100 valence electrons. The monoisotopic (exact) mass is 269 g/mol. The molecule has 0 aliphatic carbocycles. The molecule has 5 heteroatoms. The molecule has 0 saturated heterocycles. The number of nitrogens with zero attached hydrogens (tertiary/aromatic N) is 3. The molecule has 4 nitrogen and oxygen atoms in total. The van der Waals surface area contributed by atoms with Crippen molar-refractivity contribution in [3.05, 3.63) is 48.3 Å². The number of aromatic nitrogens is 3. The van der Waals surface area contributed by atoms with Crippen molar-refractivity contribution in [2.45, 2.75) is 6.92 Å². The van der Waals surface area contributed by atoms with Crippen LogP contribution in [0.25, 0.3) is 22.2 Å². The van der Waals surface area contributed by atoms with Crippen LogP contribution in [0.5, 0.6) is 5.75 Å². The van der Waals surface area contributed by atoms with Crippen LogP contribution in [0, 0.1) is 12.7 Å². The first-order chi connectivity index (χ1) is 9.69. The Balaban J connectivity index is 2.27. The highest BCUT2D eigenvalue weighted by Crippen LogP contribution is 2.31. The second-order valence-electron chi connectivity index (χ2n) is 4.40. The highest BCUT2D eigenvalue weighted by atomic mass is 19.1. The summed E-state index contributed by atoms with van der Waals surface area (Å²) >= 11 is 0. The van der Waals surface area contributed by atoms with Gasteiger partial charge in [-0.3, -0.25) is 4.98 Å². The van der Waals surface area contributed by atoms with Gasteiger partial charge in [-0.1, -0.05) is 0 Å². The van der Waals surface area contributed by atoms with Gasteiger partial charge < -0.3 is 4.74 Å². The second-order valence-corrected chi connectivity index (χ2v) is 4.40. The van der Waals surface area contributed by atoms with Crippen LogP contribution in [-0.2, 0) is 0 Å². The predicted octanol–water partition coefficient (Wildman–Crippen LogP) is 3.15. The first-order valence-corrected chi connectivity index (χ1v) is 6.10. The summed E-state index contributed by atoms with van der Waals surface area (Å²) in [5.41, 5.74) is 3.13. The minimum absolute atomic E-state index is 0.360. The van der Waals surface area contributed by atoms with Crippen LogP contribution < -0.4 is 4.74 Å². The lowest BCUT2D eigenvalue weighted by molar-refractivity contribution is 0.419. The molecular weight excluding hydrogens is 257 g/mol. The molecule has 0 unspecified atom stereocenters. The zero-order valence-electron chi connectivity index (χ0n) is 11.1. The topological polar surface area (TPSA) is 47.9 Å². The maximum atomic E-state index is 13.0. The number of hydrogen-bond donors (Lipinski definition) is 0. The quantitative estimate of drug-likeness (QED) is 0.717. The molecule has 0 atom stereocenters. The highest BCUT2D eigenvalue weighted by Gasteiger charge is 2.10. The zero-order valence-corrected chi connectivity index (χ0v) is 11.1. The fraction of sp³-hybridized carbons (Fsp3) is 0.133. The van der Waals surface area contributed by atoms with Gasteiger partial charge in [0.25, 0.3) is 0 Å². The molecule has 0 fully saturated rings. The van der Waals surface area contributed by atoms with Crippen LogP contribution in [0.2, 0.25) is 0 Å². The van der Waals surface area contributed by atoms with E-state index in [-0.39, 0.29) is 5.82 Å². The largest absolute Gasteiger partial charge is 0.494 e. The van der Waals surface area contributed by atoms with Crippen molar-refractivity contribution in [3.8, 4) is 17.0 Å². The standard InChI is InChI=1S/C15H12FN3O/c1-9-12-5-10(13-4-3-11(16)7-17-13)6-14(20-2)15(12)19-8-18-9/h3-8H,1-2H3. The van der Waals surface area contributed by atoms with Crippen molar-refractivity contribution in [2.75, 3.05) is 7.11 Å². The van der Waals surface area contributed by atoms with Crippen molar-refractivity contribution in [1.29, 1.82) is 0 Å². The van der Waals surface area contributed by atoms with E-state index in [4.69, 9.17) is 4.74 Å². The molecule has 0 saturated carbocycles. The average Bonchev–Trinajstić information content (AvgIpc) is 2.47. The Kier molecular flexibility index (Phi) is 3.02. The number of benzene rings is 1. The molecule has 0 radical (unpaired) electrons. The lowest BCUT2D eigenvalue weighted by Crippen LogP contribution is -1.94. The van der Waals surface area contributed by atoms with Gasteiger partial charge in [-0.2, -0.15) is 0 Å². The van der Waals surface area contributed by atoms with Crippen LogP contribution in [-0.4, -0.2) is 22.1 Å². The van der Waals surface area contributed by atoms with Crippen LogP contribution in [0.4, 0.5) is 4.39 Å². The third-order valence-corrected chi connectivity index (χ3v) is 3.15. The third-order valence-electron chi connectivity index (χ3n) is 3.15. The molecule has 2 aromatic heterocycles. The Hall–Kier alpha value is -2.56. The maximum absolute atomic E-state index is 13.0. The van der Waals surface area contributed by atoms with Crippen LogP contribution in [0.15, 0.2) is 36.8 Å². The summed E-state index contributed by atoms with van der Waals surface area (Å²) in [6.45, 7) is 1.91. The van der Waals surface area contributed by atoms with Crippen molar-refractivity contribution in [3.63, 3.8) is 0 Å². The normalized spacial score (nSPS) is 10.8. The van der Waals surface area contributed by atoms with E-state index >= 15 is 0 Å². The van der Waals surface area contributed by atoms with Crippen LogP contribution in [0.1, 0.15) is 5.69 Å². The number of hydrogen-bond acceptors (Lipinski definition) is 4. The van der Waals surface area contributed by atoms with Gasteiger partial charge in [0, 0.05) is 16.6 Å². The number of halogens is 1. The van der Waals surface area contributed by atoms with Crippen molar-refractivity contribution < 1.29 is 9.13 Å². The van der Waals surface area contributed by atoms with Gasteiger partial charge in [0.05, 0.1) is 19.0 Å². The number of methoxy groups -OCH3 is 1. The summed E-state index contributed by atoms with van der Waals surface area (Å²) in [5.74, 6) is 0.287. The van der Waals surface area contributed by atoms with E-state index in [1.165, 1.54) is 18.6 Å². The third kappa shape index (κ3) is 2.07. The molecular formula is C15H12FN3O. The van der Waals surface area contributed by atoms with Crippen LogP contribution >= 0.6 is 0 Å². The van der Waals surface area contributed by atoms with Crippen molar-refractivity contribution in [2.24, 2.45) is 0 Å². The Bertz CT molecular complexity index is 772. The summed E-state index contributed by atoms with van der Waals surface area (Å²) < 4.78 is 18.3. The van der Waals surface area contributed by atoms with E-state index in [9.17, 15) is 4.39 Å². The average molecular weight is 269 g/mol. The molecule has 20 heavy (non-hydrogen) atoms. The van der Waals surface area contributed by atoms with E-state index in [0.29, 0.717) is 11.4 Å². The van der Waals surface area contributed by atoms with Gasteiger partial charge >= 0.3 is 0 Å². The van der Waals surface area contributed by atoms with Crippen molar-refractivity contribution in [1.82, 2.24) is 15.0 Å². The van der Waals surface area contributed by atoms with Crippen molar-refractivity contribution >= 4 is 10.9 Å². The van der Waals surface area contributed by atoms with E-state index in [0.717, 1.165) is 22.2 Å². The molecule has 1 aromatic carbocycles. The molecule has 3 rings (SSSR count). The van der Waals surface area contributed by atoms with Gasteiger partial charge in [-0.25, -0.2) is 14.4 Å². The molecule has 3 aromatic rings. The summed E-state index contributed by atoms with van der Waals surface area (Å²) in [6.07, 6.45) is 2.70. The summed E-state index contributed by atoms with van der Waals surface area (Å²) in [4.78, 5) is 12.5. The fourth-order valence-electron chi connectivity index (χ4n) is 2.11. The van der Waals surface area contributed by atoms with Gasteiger partial charge in [-0.15, -0.1) is 0 Å². The number of fused-ring (bicyclic) bond motifs is 1. The summed E-state index contributed by atoms with van der Waals surface area (Å²) in [7, 11) is 1.59. The molecule has 0 N–H and O–H groups in total. The molecule has 0 amide bonds. The molecule has 0 aliphatic rings. The van der Waals surface area contributed by atoms with Gasteiger partial charge in [0.15, 0.2) is 0 Å². The predicted molar refractivity (Wildman–Crippen MR) is 74.0 cm³/mol. The van der Waals surface area contributed by atoms with Crippen LogP contribution in [0.3, 0.4) is 0 Å². The van der Waals surface area contributed by atoms with E-state index < -0.39 is 0 Å². The number of pyridine rings is 1. The summed E-state index contributed by atoms with van der Waals surface area (Å²) in [5, 5.41) is 0.896. The first kappa shape index (κ1) is 12.5. The Morgan fingerprint density at radius 1 is 1.10 bits per heavy atom. The lowest BCUT2D eigenvalue weighted by Gasteiger charge is -2.09. The molecule has 0 spiro atoms. The van der Waals surface area contributed by atoms with Gasteiger partial charge in [-0.05, 0) is 31.2 Å². The number of aryl methyl sites for hydroxylation is 1. The fourth-order valence-corrected chi connectivity index (χ4v) is 2.11. The van der Waals surface area contributed by atoms with E-state index in [1.807, 2.05) is 19.1 Å². The number of ether oxygens (including phenoxy) is 1. The minimum atomic E-state index is -0.360. The number of rotatable bonds is 2. The zero-order chi connectivity index (χ0) is 14.1. The Morgan fingerprint density at radius 3 is 2.65 bits per heavy atom. The SMILES string of the molecule is COc1cc(-c2ccc(F)cn2)cc2c(C)ncnc12. The summed E-state index contributed by atoms with van der Waals surface area (Å²) in [6, 6.07) is 6.80. The minimum Gasteiger partial charge on any atom is -0.494 e. The molecule has 0 bridgehead atoms. The van der Waals surface area contributed by atoms with E-state index in [2.05, 4.69) is 15.0 Å². The highest BCUT2D eigenvalue weighted by molar-refractivity contribution is 5.90. The second kappa shape index (κ2) is 4.85. The molecule has 0 aliphatic heterocycles. The first-order valence-electron chi connectivity index (χ1n) is 6.10.